The van der Waals surface area contributed by atoms with Crippen LogP contribution < -0.4 is 5.73 Å². The van der Waals surface area contributed by atoms with E-state index in [1.165, 1.54) is 44.1 Å². The van der Waals surface area contributed by atoms with E-state index in [9.17, 15) is 0 Å². The van der Waals surface area contributed by atoms with Gasteiger partial charge in [-0.15, -0.1) is 0 Å². The molecule has 0 saturated heterocycles. The van der Waals surface area contributed by atoms with E-state index in [2.05, 4.69) is 19.9 Å². The minimum atomic E-state index is -0.0738. The first-order valence-corrected chi connectivity index (χ1v) is 7.76. The smallest absolute Gasteiger partial charge is 0.0873 e. The minimum Gasteiger partial charge on any atom is -0.373 e. The third-order valence-corrected chi connectivity index (χ3v) is 4.72. The Morgan fingerprint density at radius 3 is 2.89 bits per heavy atom. The second kappa shape index (κ2) is 6.21. The predicted molar refractivity (Wildman–Crippen MR) is 76.5 cm³/mol. The molecule has 3 unspecified atom stereocenters. The van der Waals surface area contributed by atoms with Crippen molar-refractivity contribution < 1.29 is 4.74 Å². The second-order valence-electron chi connectivity index (χ2n) is 6.20. The highest BCUT2D eigenvalue weighted by Gasteiger charge is 2.42. The highest BCUT2D eigenvalue weighted by molar-refractivity contribution is 5.19. The van der Waals surface area contributed by atoms with Gasteiger partial charge in [-0.25, -0.2) is 0 Å². The molecule has 2 N–H and O–H groups in total. The van der Waals surface area contributed by atoms with Crippen molar-refractivity contribution in [2.45, 2.75) is 76.9 Å². The zero-order valence-corrected chi connectivity index (χ0v) is 12.1. The molecule has 1 fully saturated rings. The van der Waals surface area contributed by atoms with Crippen LogP contribution in [0.1, 0.15) is 65.2 Å². The predicted octanol–water partition coefficient (Wildman–Crippen LogP) is 3.80. The molecule has 2 rings (SSSR count). The Kier molecular flexibility index (Phi) is 4.85. The second-order valence-corrected chi connectivity index (χ2v) is 6.20. The van der Waals surface area contributed by atoms with Gasteiger partial charge in [0.15, 0.2) is 0 Å². The summed E-state index contributed by atoms with van der Waals surface area (Å²) in [6, 6.07) is 0.125. The number of nitrogens with two attached hydrogens (primary N) is 1. The summed E-state index contributed by atoms with van der Waals surface area (Å²) in [5.74, 6) is 0.751. The summed E-state index contributed by atoms with van der Waals surface area (Å²) in [4.78, 5) is 0. The van der Waals surface area contributed by atoms with E-state index in [1.807, 2.05) is 0 Å². The van der Waals surface area contributed by atoms with Gasteiger partial charge in [0.25, 0.3) is 0 Å². The fraction of sp³-hybridized carbons (Fsp3) is 0.875. The lowest BCUT2D eigenvalue weighted by Gasteiger charge is -2.45. The molecule has 0 aliphatic heterocycles. The molecule has 0 spiro atoms. The van der Waals surface area contributed by atoms with Crippen LogP contribution in [0, 0.1) is 5.92 Å². The van der Waals surface area contributed by atoms with Gasteiger partial charge in [-0.05, 0) is 51.4 Å². The fourth-order valence-corrected chi connectivity index (χ4v) is 3.82. The maximum absolute atomic E-state index is 6.61. The number of allylic oxidation sites excluding steroid dienone is 1. The van der Waals surface area contributed by atoms with E-state index < -0.39 is 0 Å². The van der Waals surface area contributed by atoms with Crippen LogP contribution in [0.15, 0.2) is 11.6 Å². The highest BCUT2D eigenvalue weighted by Crippen LogP contribution is 2.40. The van der Waals surface area contributed by atoms with Crippen LogP contribution in [0.5, 0.6) is 0 Å². The summed E-state index contributed by atoms with van der Waals surface area (Å²) in [6.45, 7) is 5.23. The van der Waals surface area contributed by atoms with Crippen molar-refractivity contribution in [3.05, 3.63) is 11.6 Å². The van der Waals surface area contributed by atoms with Gasteiger partial charge in [-0.1, -0.05) is 31.4 Å². The van der Waals surface area contributed by atoms with Gasteiger partial charge < -0.3 is 10.5 Å². The summed E-state index contributed by atoms with van der Waals surface area (Å²) < 4.78 is 6.19. The van der Waals surface area contributed by atoms with Gasteiger partial charge in [0.1, 0.15) is 0 Å². The molecule has 2 nitrogen and oxygen atoms in total. The molecule has 0 radical (unpaired) electrons. The van der Waals surface area contributed by atoms with Crippen molar-refractivity contribution in [3.8, 4) is 0 Å². The fourth-order valence-electron chi connectivity index (χ4n) is 3.82. The molecule has 0 bridgehead atoms. The van der Waals surface area contributed by atoms with E-state index in [1.54, 1.807) is 0 Å². The Labute approximate surface area is 112 Å². The van der Waals surface area contributed by atoms with Crippen molar-refractivity contribution in [2.75, 3.05) is 6.61 Å². The van der Waals surface area contributed by atoms with Crippen LogP contribution in [-0.4, -0.2) is 18.2 Å². The Balaban J connectivity index is 2.14. The van der Waals surface area contributed by atoms with Crippen molar-refractivity contribution >= 4 is 0 Å². The van der Waals surface area contributed by atoms with Gasteiger partial charge in [0, 0.05) is 6.61 Å². The molecular formula is C16H29NO. The van der Waals surface area contributed by atoms with Crippen molar-refractivity contribution in [2.24, 2.45) is 11.7 Å². The molecular weight excluding hydrogens is 222 g/mol. The Bertz CT molecular complexity index is 295. The van der Waals surface area contributed by atoms with Crippen LogP contribution in [-0.2, 0) is 4.74 Å². The Hall–Kier alpha value is -0.340. The molecule has 2 heteroatoms. The molecule has 18 heavy (non-hydrogen) atoms. The molecule has 2 aliphatic rings. The Morgan fingerprint density at radius 2 is 2.28 bits per heavy atom. The van der Waals surface area contributed by atoms with E-state index in [-0.39, 0.29) is 11.6 Å². The maximum atomic E-state index is 6.61. The number of ether oxygens (including phenoxy) is 1. The molecule has 2 aliphatic carbocycles. The highest BCUT2D eigenvalue weighted by atomic mass is 16.5. The third kappa shape index (κ3) is 2.97. The first-order valence-electron chi connectivity index (χ1n) is 7.76. The SMILES string of the molecule is CCOC1(C(N)C2=CCCCC2)CCCC(C)C1. The molecule has 3 atom stereocenters. The third-order valence-electron chi connectivity index (χ3n) is 4.72. The summed E-state index contributed by atoms with van der Waals surface area (Å²) in [5, 5.41) is 0. The van der Waals surface area contributed by atoms with Gasteiger partial charge in [-0.3, -0.25) is 0 Å². The molecule has 0 heterocycles. The molecule has 0 aromatic carbocycles. The summed E-state index contributed by atoms with van der Waals surface area (Å²) in [6.07, 6.45) is 12.3. The van der Waals surface area contributed by atoms with Crippen LogP contribution in [0.4, 0.5) is 0 Å². The lowest BCUT2D eigenvalue weighted by molar-refractivity contribution is -0.0863. The summed E-state index contributed by atoms with van der Waals surface area (Å²) in [5.41, 5.74) is 8.00. The monoisotopic (exact) mass is 251 g/mol. The van der Waals surface area contributed by atoms with E-state index in [0.717, 1.165) is 25.4 Å². The van der Waals surface area contributed by atoms with Crippen LogP contribution >= 0.6 is 0 Å². The molecule has 0 aromatic rings. The molecule has 1 saturated carbocycles. The quantitative estimate of drug-likeness (QED) is 0.771. The lowest BCUT2D eigenvalue weighted by Crippen LogP contribution is -2.53. The van der Waals surface area contributed by atoms with Crippen molar-refractivity contribution in [3.63, 3.8) is 0 Å². The number of hydrogen-bond acceptors (Lipinski definition) is 2. The first kappa shape index (κ1) is 14.1. The zero-order chi connectivity index (χ0) is 13.0. The molecule has 104 valence electrons. The molecule has 0 amide bonds. The number of hydrogen-bond donors (Lipinski definition) is 1. The van der Waals surface area contributed by atoms with E-state index in [4.69, 9.17) is 10.5 Å². The van der Waals surface area contributed by atoms with Crippen molar-refractivity contribution in [1.29, 1.82) is 0 Å². The van der Waals surface area contributed by atoms with Gasteiger partial charge in [0.05, 0.1) is 11.6 Å². The summed E-state index contributed by atoms with van der Waals surface area (Å²) >= 11 is 0. The normalized spacial score (nSPS) is 35.1. The maximum Gasteiger partial charge on any atom is 0.0873 e. The van der Waals surface area contributed by atoms with E-state index >= 15 is 0 Å². The standard InChI is InChI=1S/C16H29NO/c1-3-18-16(11-7-8-13(2)12-16)15(17)14-9-5-4-6-10-14/h9,13,15H,3-8,10-12,17H2,1-2H3. The Morgan fingerprint density at radius 1 is 1.44 bits per heavy atom. The van der Waals surface area contributed by atoms with Crippen LogP contribution in [0.2, 0.25) is 0 Å². The number of rotatable bonds is 4. The van der Waals surface area contributed by atoms with Crippen LogP contribution in [0.25, 0.3) is 0 Å². The van der Waals surface area contributed by atoms with Gasteiger partial charge >= 0.3 is 0 Å². The topological polar surface area (TPSA) is 35.2 Å². The average Bonchev–Trinajstić information content (AvgIpc) is 2.39. The van der Waals surface area contributed by atoms with E-state index in [0.29, 0.717) is 0 Å². The minimum absolute atomic E-state index is 0.0738. The summed E-state index contributed by atoms with van der Waals surface area (Å²) in [7, 11) is 0. The lowest BCUT2D eigenvalue weighted by atomic mass is 9.71. The van der Waals surface area contributed by atoms with Crippen molar-refractivity contribution in [1.82, 2.24) is 0 Å². The van der Waals surface area contributed by atoms with Gasteiger partial charge in [-0.2, -0.15) is 0 Å². The molecule has 0 aromatic heterocycles. The van der Waals surface area contributed by atoms with Crippen LogP contribution in [0.3, 0.4) is 0 Å². The van der Waals surface area contributed by atoms with Gasteiger partial charge in [0.2, 0.25) is 0 Å². The largest absolute Gasteiger partial charge is 0.373 e. The first-order chi connectivity index (χ1) is 8.68. The zero-order valence-electron chi connectivity index (χ0n) is 12.1. The average molecular weight is 251 g/mol.